The molecule has 2 fully saturated rings. The minimum atomic E-state index is -0.155. The lowest BCUT2D eigenvalue weighted by molar-refractivity contribution is 0.0466. The Bertz CT molecular complexity index is 898. The van der Waals surface area contributed by atoms with Gasteiger partial charge in [-0.05, 0) is 62.4 Å². The fourth-order valence-corrected chi connectivity index (χ4v) is 5.04. The summed E-state index contributed by atoms with van der Waals surface area (Å²) in [4.78, 5) is 16.7. The van der Waals surface area contributed by atoms with Crippen LogP contribution in [0.3, 0.4) is 0 Å². The van der Waals surface area contributed by atoms with Crippen molar-refractivity contribution in [1.82, 2.24) is 9.80 Å². The number of hydrogen-bond acceptors (Lipinski definition) is 5. The predicted molar refractivity (Wildman–Crippen MR) is 122 cm³/mol. The molecular weight excluding hydrogens is 404 g/mol. The van der Waals surface area contributed by atoms with Crippen molar-refractivity contribution in [2.75, 3.05) is 39.4 Å². The van der Waals surface area contributed by atoms with Crippen molar-refractivity contribution in [3.8, 4) is 11.5 Å². The van der Waals surface area contributed by atoms with Gasteiger partial charge >= 0.3 is 6.09 Å². The van der Waals surface area contributed by atoms with Gasteiger partial charge in [0.15, 0.2) is 11.5 Å². The van der Waals surface area contributed by atoms with Crippen LogP contribution in [0.5, 0.6) is 11.5 Å². The number of amides is 1. The van der Waals surface area contributed by atoms with Crippen molar-refractivity contribution in [3.05, 3.63) is 60.2 Å². The fraction of sp³-hybridized carbons (Fsp3) is 0.500. The van der Waals surface area contributed by atoms with E-state index in [9.17, 15) is 4.79 Å². The first-order chi connectivity index (χ1) is 15.7. The molecule has 170 valence electrons. The molecule has 6 heteroatoms. The molecule has 2 saturated heterocycles. The molecule has 0 N–H and O–H groups in total. The Morgan fingerprint density at radius 2 is 1.62 bits per heavy atom. The molecule has 0 aliphatic carbocycles. The lowest BCUT2D eigenvalue weighted by atomic mass is 9.93. The van der Waals surface area contributed by atoms with Gasteiger partial charge in [0.1, 0.15) is 19.3 Å². The molecular formula is C26H32N2O4. The van der Waals surface area contributed by atoms with E-state index < -0.39 is 0 Å². The van der Waals surface area contributed by atoms with Crippen LogP contribution in [-0.2, 0) is 11.2 Å². The molecule has 0 radical (unpaired) electrons. The van der Waals surface area contributed by atoms with Crippen molar-refractivity contribution in [3.63, 3.8) is 0 Å². The van der Waals surface area contributed by atoms with Crippen LogP contribution in [0.4, 0.5) is 4.79 Å². The number of para-hydroxylation sites is 2. The highest BCUT2D eigenvalue weighted by Gasteiger charge is 2.33. The van der Waals surface area contributed by atoms with E-state index in [0.717, 1.165) is 63.4 Å². The second-order valence-electron chi connectivity index (χ2n) is 9.14. The van der Waals surface area contributed by atoms with Gasteiger partial charge in [0.05, 0.1) is 6.04 Å². The average Bonchev–Trinajstić information content (AvgIpc) is 3.18. The van der Waals surface area contributed by atoms with Crippen LogP contribution in [0.1, 0.15) is 24.8 Å². The number of likely N-dealkylation sites (tertiary alicyclic amines) is 1. The maximum atomic E-state index is 12.3. The number of benzene rings is 2. The zero-order valence-electron chi connectivity index (χ0n) is 18.5. The predicted octanol–water partition coefficient (Wildman–Crippen LogP) is 3.99. The number of piperidine rings is 1. The number of fused-ring (bicyclic) bond motifs is 1. The van der Waals surface area contributed by atoms with E-state index in [1.807, 2.05) is 47.4 Å². The third-order valence-corrected chi connectivity index (χ3v) is 6.90. The number of nitrogens with zero attached hydrogens (tertiary/aromatic N) is 2. The van der Waals surface area contributed by atoms with Crippen molar-refractivity contribution in [2.45, 2.75) is 37.8 Å². The summed E-state index contributed by atoms with van der Waals surface area (Å²) < 4.78 is 17.4. The quantitative estimate of drug-likeness (QED) is 0.657. The summed E-state index contributed by atoms with van der Waals surface area (Å²) in [7, 11) is 0. The Balaban J connectivity index is 1.06. The summed E-state index contributed by atoms with van der Waals surface area (Å²) in [5.74, 6) is 2.34. The van der Waals surface area contributed by atoms with Gasteiger partial charge in [-0.15, -0.1) is 0 Å². The maximum Gasteiger partial charge on any atom is 0.410 e. The van der Waals surface area contributed by atoms with Crippen LogP contribution < -0.4 is 9.47 Å². The average molecular weight is 437 g/mol. The molecule has 6 nitrogen and oxygen atoms in total. The smallest absolute Gasteiger partial charge is 0.410 e. The van der Waals surface area contributed by atoms with Gasteiger partial charge in [-0.25, -0.2) is 4.79 Å². The Morgan fingerprint density at radius 1 is 0.875 bits per heavy atom. The van der Waals surface area contributed by atoms with Gasteiger partial charge in [-0.2, -0.15) is 0 Å². The molecule has 2 atom stereocenters. The van der Waals surface area contributed by atoms with Crippen LogP contribution in [0.15, 0.2) is 54.6 Å². The fourth-order valence-electron chi connectivity index (χ4n) is 5.04. The Hall–Kier alpha value is -2.73. The molecule has 32 heavy (non-hydrogen) atoms. The van der Waals surface area contributed by atoms with Crippen LogP contribution >= 0.6 is 0 Å². The summed E-state index contributed by atoms with van der Waals surface area (Å²) in [6, 6.07) is 18.4. The zero-order valence-corrected chi connectivity index (χ0v) is 18.5. The van der Waals surface area contributed by atoms with Crippen LogP contribution in [0.2, 0.25) is 0 Å². The minimum Gasteiger partial charge on any atom is -0.486 e. The highest BCUT2D eigenvalue weighted by molar-refractivity contribution is 5.70. The van der Waals surface area contributed by atoms with Gasteiger partial charge in [-0.1, -0.05) is 42.5 Å². The van der Waals surface area contributed by atoms with E-state index in [1.54, 1.807) is 0 Å². The van der Waals surface area contributed by atoms with Gasteiger partial charge in [0.2, 0.25) is 0 Å². The highest BCUT2D eigenvalue weighted by Crippen LogP contribution is 2.31. The molecule has 0 unspecified atom stereocenters. The molecule has 1 amide bonds. The molecule has 2 aromatic rings. The topological polar surface area (TPSA) is 51.2 Å². The summed E-state index contributed by atoms with van der Waals surface area (Å²) in [6.07, 6.45) is 4.16. The molecule has 3 heterocycles. The SMILES string of the molecule is O=C1OC[C@H](Cc2ccccc2)N1CCC1CCN(C[C@H]2COc3ccccc3O2)CC1. The maximum absolute atomic E-state index is 12.3. The molecule has 0 saturated carbocycles. The van der Waals surface area contributed by atoms with E-state index in [1.165, 1.54) is 5.56 Å². The van der Waals surface area contributed by atoms with Crippen LogP contribution in [0.25, 0.3) is 0 Å². The highest BCUT2D eigenvalue weighted by atomic mass is 16.6. The standard InChI is InChI=1S/C26H32N2O4/c29-26-28(22(18-31-26)16-21-6-2-1-3-7-21)15-12-20-10-13-27(14-11-20)17-23-19-30-24-8-4-5-9-25(24)32-23/h1-9,20,22-23H,10-19H2/t22-,23-/m0/s1. The van der Waals surface area contributed by atoms with E-state index in [4.69, 9.17) is 14.2 Å². The molecule has 2 aromatic carbocycles. The molecule has 0 aromatic heterocycles. The Morgan fingerprint density at radius 3 is 2.44 bits per heavy atom. The summed E-state index contributed by atoms with van der Waals surface area (Å²) in [6.45, 7) is 4.94. The lowest BCUT2D eigenvalue weighted by Crippen LogP contribution is -2.44. The molecule has 3 aliphatic heterocycles. The number of ether oxygens (including phenoxy) is 3. The summed E-state index contributed by atoms with van der Waals surface area (Å²) in [5.41, 5.74) is 1.26. The third-order valence-electron chi connectivity index (χ3n) is 6.90. The molecule has 3 aliphatic rings. The van der Waals surface area contributed by atoms with E-state index in [-0.39, 0.29) is 18.2 Å². The van der Waals surface area contributed by atoms with Gasteiger partial charge in [-0.3, -0.25) is 4.90 Å². The second-order valence-corrected chi connectivity index (χ2v) is 9.14. The van der Waals surface area contributed by atoms with Gasteiger partial charge in [0.25, 0.3) is 0 Å². The monoisotopic (exact) mass is 436 g/mol. The summed E-state index contributed by atoms with van der Waals surface area (Å²) >= 11 is 0. The van der Waals surface area contributed by atoms with E-state index >= 15 is 0 Å². The van der Waals surface area contributed by atoms with E-state index in [0.29, 0.717) is 19.1 Å². The van der Waals surface area contributed by atoms with Gasteiger partial charge in [0, 0.05) is 13.1 Å². The van der Waals surface area contributed by atoms with Crippen LogP contribution in [0, 0.1) is 5.92 Å². The molecule has 0 spiro atoms. The number of hydrogen-bond donors (Lipinski definition) is 0. The third kappa shape index (κ3) is 5.01. The molecule has 0 bridgehead atoms. The first kappa shape index (κ1) is 21.1. The normalized spacial score (nSPS) is 23.9. The van der Waals surface area contributed by atoms with E-state index in [2.05, 4.69) is 17.0 Å². The van der Waals surface area contributed by atoms with Crippen molar-refractivity contribution in [1.29, 1.82) is 0 Å². The number of cyclic esters (lactones) is 1. The summed E-state index contributed by atoms with van der Waals surface area (Å²) in [5, 5.41) is 0. The Kier molecular flexibility index (Phi) is 6.49. The van der Waals surface area contributed by atoms with Crippen molar-refractivity contribution in [2.24, 2.45) is 5.92 Å². The van der Waals surface area contributed by atoms with Gasteiger partial charge < -0.3 is 19.1 Å². The zero-order chi connectivity index (χ0) is 21.8. The lowest BCUT2D eigenvalue weighted by Gasteiger charge is -2.36. The number of carbonyl (C=O) groups excluding carboxylic acids is 1. The molecule has 5 rings (SSSR count). The second kappa shape index (κ2) is 9.82. The van der Waals surface area contributed by atoms with Crippen molar-refractivity contribution >= 4 is 6.09 Å². The largest absolute Gasteiger partial charge is 0.486 e. The number of carbonyl (C=O) groups is 1. The minimum absolute atomic E-state index is 0.0829. The Labute approximate surface area is 190 Å². The van der Waals surface area contributed by atoms with Crippen molar-refractivity contribution < 1.29 is 19.0 Å². The first-order valence-electron chi connectivity index (χ1n) is 11.8. The first-order valence-corrected chi connectivity index (χ1v) is 11.8. The van der Waals surface area contributed by atoms with Crippen LogP contribution in [-0.4, -0.2) is 67.4 Å². The number of rotatable bonds is 7.